The van der Waals surface area contributed by atoms with Crippen molar-refractivity contribution in [2.24, 2.45) is 23.7 Å². The van der Waals surface area contributed by atoms with E-state index in [1.807, 2.05) is 0 Å². The molecule has 3 unspecified atom stereocenters. The van der Waals surface area contributed by atoms with Crippen LogP contribution in [0.15, 0.2) is 0 Å². The highest BCUT2D eigenvalue weighted by atomic mass is 31.2. The maximum atomic E-state index is 9.89. The van der Waals surface area contributed by atoms with E-state index in [0.29, 0.717) is 36.7 Å². The summed E-state index contributed by atoms with van der Waals surface area (Å²) in [5, 5.41) is 9.89. The van der Waals surface area contributed by atoms with E-state index in [1.54, 1.807) is 0 Å². The van der Waals surface area contributed by atoms with Crippen LogP contribution in [0.2, 0.25) is 0 Å². The Balaban J connectivity index is 4.79. The molecule has 0 radical (unpaired) electrons. The van der Waals surface area contributed by atoms with Crippen LogP contribution in [0.1, 0.15) is 134 Å². The van der Waals surface area contributed by atoms with Gasteiger partial charge in [-0.2, -0.15) is 5.26 Å². The van der Waals surface area contributed by atoms with Gasteiger partial charge in [0.25, 0.3) is 0 Å². The summed E-state index contributed by atoms with van der Waals surface area (Å²) in [5.41, 5.74) is 0. The van der Waals surface area contributed by atoms with Gasteiger partial charge in [0.1, 0.15) is 0 Å². The van der Waals surface area contributed by atoms with Crippen molar-refractivity contribution in [3.8, 4) is 6.07 Å². The average molecular weight is 512 g/mol. The summed E-state index contributed by atoms with van der Waals surface area (Å²) in [6, 6.07) is 4.15. The van der Waals surface area contributed by atoms with E-state index in [-0.39, 0.29) is 5.92 Å². The molecule has 0 bridgehead atoms. The van der Waals surface area contributed by atoms with Crippen LogP contribution >= 0.6 is 8.45 Å². The van der Waals surface area contributed by atoms with Crippen molar-refractivity contribution in [1.29, 1.82) is 5.26 Å². The SMILES string of the molecule is CC(C)CCCC(C)CCCC(C)CCC(C#N)COP(N(C(C)C)C(C)C)N(C(C)C)C(C)C. The monoisotopic (exact) mass is 511 g/mol. The highest BCUT2D eigenvalue weighted by Gasteiger charge is 2.34. The highest BCUT2D eigenvalue weighted by Crippen LogP contribution is 2.51. The summed E-state index contributed by atoms with van der Waals surface area (Å²) in [6.07, 6.45) is 10.1. The van der Waals surface area contributed by atoms with Gasteiger partial charge in [-0.1, -0.05) is 66.2 Å². The third-order valence-electron chi connectivity index (χ3n) is 6.97. The lowest BCUT2D eigenvalue weighted by molar-refractivity contribution is 0.174. The number of nitrogens with zero attached hydrogens (tertiary/aromatic N) is 3. The molecule has 0 spiro atoms. The van der Waals surface area contributed by atoms with Crippen LogP contribution in [0, 0.1) is 35.0 Å². The van der Waals surface area contributed by atoms with E-state index in [2.05, 4.69) is 98.5 Å². The molecule has 0 fully saturated rings. The second kappa shape index (κ2) is 19.0. The predicted octanol–water partition coefficient (Wildman–Crippen LogP) is 9.66. The van der Waals surface area contributed by atoms with Crippen molar-refractivity contribution >= 4 is 8.45 Å². The lowest BCUT2D eigenvalue weighted by atomic mass is 9.91. The Bertz CT molecular complexity index is 522. The smallest absolute Gasteiger partial charge is 0.188 e. The molecule has 0 aromatic rings. The zero-order chi connectivity index (χ0) is 27.1. The summed E-state index contributed by atoms with van der Waals surface area (Å²) < 4.78 is 11.7. The van der Waals surface area contributed by atoms with Gasteiger partial charge in [-0.25, -0.2) is 9.34 Å². The standard InChI is InChI=1S/C30H62N3OP/c1-23(2)15-13-16-28(11)17-14-18-29(12)19-20-30(21-31)22-34-35(32(24(3)4)25(5)6)33(26(7)8)27(9)10/h23-30H,13-20,22H2,1-12H3. The van der Waals surface area contributed by atoms with Gasteiger partial charge < -0.3 is 4.52 Å². The Morgan fingerprint density at radius 1 is 0.600 bits per heavy atom. The van der Waals surface area contributed by atoms with E-state index >= 15 is 0 Å². The third-order valence-corrected chi connectivity index (χ3v) is 9.98. The van der Waals surface area contributed by atoms with Crippen LogP contribution in [0.3, 0.4) is 0 Å². The molecule has 0 aliphatic rings. The van der Waals surface area contributed by atoms with Gasteiger partial charge in [0.05, 0.1) is 18.6 Å². The van der Waals surface area contributed by atoms with Crippen LogP contribution in [0.25, 0.3) is 0 Å². The van der Waals surface area contributed by atoms with Gasteiger partial charge in [-0.05, 0) is 86.0 Å². The fourth-order valence-corrected chi connectivity index (χ4v) is 7.44. The van der Waals surface area contributed by atoms with Crippen LogP contribution < -0.4 is 0 Å². The minimum Gasteiger partial charge on any atom is -0.330 e. The van der Waals surface area contributed by atoms with Crippen molar-refractivity contribution in [1.82, 2.24) is 9.34 Å². The van der Waals surface area contributed by atoms with E-state index in [4.69, 9.17) is 4.52 Å². The Kier molecular flexibility index (Phi) is 18.8. The summed E-state index contributed by atoms with van der Waals surface area (Å²) in [7, 11) is -0.920. The quantitative estimate of drug-likeness (QED) is 0.153. The first-order chi connectivity index (χ1) is 16.3. The van der Waals surface area contributed by atoms with Crippen molar-refractivity contribution in [2.75, 3.05) is 6.61 Å². The Hall–Kier alpha value is -0.200. The van der Waals surface area contributed by atoms with E-state index in [9.17, 15) is 5.26 Å². The first-order valence-electron chi connectivity index (χ1n) is 14.7. The lowest BCUT2D eigenvalue weighted by Crippen LogP contribution is -2.43. The zero-order valence-electron chi connectivity index (χ0n) is 25.7. The molecule has 0 rings (SSSR count). The molecule has 3 atom stereocenters. The number of rotatable bonds is 20. The minimum atomic E-state index is -0.920. The number of hydrogen-bond donors (Lipinski definition) is 0. The van der Waals surface area contributed by atoms with Crippen LogP contribution in [-0.2, 0) is 4.52 Å². The molecule has 0 aliphatic carbocycles. The van der Waals surface area contributed by atoms with Gasteiger partial charge in [0, 0.05) is 24.2 Å². The lowest BCUT2D eigenvalue weighted by Gasteiger charge is -2.45. The van der Waals surface area contributed by atoms with Gasteiger partial charge >= 0.3 is 0 Å². The molecule has 0 aromatic heterocycles. The fraction of sp³-hybridized carbons (Fsp3) is 0.967. The van der Waals surface area contributed by atoms with Gasteiger partial charge in [0.2, 0.25) is 0 Å². The summed E-state index contributed by atoms with van der Waals surface area (Å²) >= 11 is 0. The normalized spacial score (nSPS) is 15.4. The summed E-state index contributed by atoms with van der Waals surface area (Å²) in [4.78, 5) is 0. The largest absolute Gasteiger partial charge is 0.330 e. The Morgan fingerprint density at radius 3 is 1.37 bits per heavy atom. The topological polar surface area (TPSA) is 39.5 Å². The fourth-order valence-electron chi connectivity index (χ4n) is 5.04. The highest BCUT2D eigenvalue weighted by molar-refractivity contribution is 7.47. The van der Waals surface area contributed by atoms with Gasteiger partial charge in [0.15, 0.2) is 8.45 Å². The van der Waals surface area contributed by atoms with Crippen LogP contribution in [0.5, 0.6) is 0 Å². The van der Waals surface area contributed by atoms with Crippen molar-refractivity contribution in [3.63, 3.8) is 0 Å². The summed E-state index contributed by atoms with van der Waals surface area (Å²) in [6.45, 7) is 28.0. The molecule has 0 N–H and O–H groups in total. The van der Waals surface area contributed by atoms with Crippen LogP contribution in [0.4, 0.5) is 0 Å². The molecule has 208 valence electrons. The average Bonchev–Trinajstić information content (AvgIpc) is 2.72. The molecule has 0 aromatic carbocycles. The van der Waals surface area contributed by atoms with Crippen molar-refractivity contribution in [2.45, 2.75) is 159 Å². The first-order valence-corrected chi connectivity index (χ1v) is 15.9. The molecule has 0 heterocycles. The Labute approximate surface area is 222 Å². The number of hydrogen-bond acceptors (Lipinski definition) is 4. The molecule has 4 nitrogen and oxygen atoms in total. The van der Waals surface area contributed by atoms with Gasteiger partial charge in [-0.3, -0.25) is 0 Å². The number of nitriles is 1. The third kappa shape index (κ3) is 15.0. The van der Waals surface area contributed by atoms with Crippen molar-refractivity contribution in [3.05, 3.63) is 0 Å². The van der Waals surface area contributed by atoms with Gasteiger partial charge in [-0.15, -0.1) is 0 Å². The second-order valence-corrected chi connectivity index (χ2v) is 14.2. The van der Waals surface area contributed by atoms with E-state index < -0.39 is 8.45 Å². The second-order valence-electron chi connectivity index (χ2n) is 12.6. The Morgan fingerprint density at radius 2 is 1.00 bits per heavy atom. The minimum absolute atomic E-state index is 0.0280. The molecule has 0 aliphatic heterocycles. The molecule has 0 saturated heterocycles. The van der Waals surface area contributed by atoms with Crippen molar-refractivity contribution < 1.29 is 4.52 Å². The van der Waals surface area contributed by atoms with E-state index in [1.165, 1.54) is 38.5 Å². The maximum Gasteiger partial charge on any atom is 0.188 e. The summed E-state index contributed by atoms with van der Waals surface area (Å²) in [5.74, 6) is 2.32. The molecular formula is C30H62N3OP. The maximum absolute atomic E-state index is 9.89. The zero-order valence-corrected chi connectivity index (χ0v) is 26.6. The van der Waals surface area contributed by atoms with Crippen LogP contribution in [-0.4, -0.2) is 40.1 Å². The molecule has 5 heteroatoms. The first kappa shape index (κ1) is 34.8. The molecule has 35 heavy (non-hydrogen) atoms. The predicted molar refractivity (Wildman–Crippen MR) is 156 cm³/mol. The molecular weight excluding hydrogens is 449 g/mol. The molecule has 0 saturated carbocycles. The van der Waals surface area contributed by atoms with E-state index in [0.717, 1.165) is 24.7 Å². The molecule has 0 amide bonds.